The molecular weight excluding hydrogens is 257 g/mol. The maximum absolute atomic E-state index is 6.04. The van der Waals surface area contributed by atoms with E-state index in [1.165, 1.54) is 0 Å². The monoisotopic (exact) mass is 273 g/mol. The Morgan fingerprint density at radius 1 is 1.29 bits per heavy atom. The molecule has 0 saturated heterocycles. The van der Waals surface area contributed by atoms with Gasteiger partial charge < -0.3 is 10.1 Å². The number of hydrogen-bond donors (Lipinski definition) is 1. The first kappa shape index (κ1) is 14.5. The Kier molecular flexibility index (Phi) is 7.29. The Hall–Kier alpha value is -0.540. The van der Waals surface area contributed by atoms with E-state index >= 15 is 0 Å². The molecule has 17 heavy (non-hydrogen) atoms. The van der Waals surface area contributed by atoms with Gasteiger partial charge in [0.15, 0.2) is 0 Å². The quantitative estimate of drug-likeness (QED) is 0.577. The van der Waals surface area contributed by atoms with Crippen molar-refractivity contribution in [2.75, 3.05) is 19.8 Å². The van der Waals surface area contributed by atoms with Crippen molar-refractivity contribution in [2.45, 2.75) is 13.0 Å². The summed E-state index contributed by atoms with van der Waals surface area (Å²) in [5.74, 6) is 0. The first-order valence-electron chi connectivity index (χ1n) is 5.57. The van der Waals surface area contributed by atoms with E-state index in [1.54, 1.807) is 6.07 Å². The third kappa shape index (κ3) is 6.08. The molecular formula is C13H17Cl2NO. The lowest BCUT2D eigenvalue weighted by Gasteiger charge is -2.07. The predicted octanol–water partition coefficient (Wildman–Crippen LogP) is 3.68. The molecule has 0 saturated carbocycles. The number of nitrogens with one attached hydrogen (secondary N) is 1. The molecule has 94 valence electrons. The van der Waals surface area contributed by atoms with Gasteiger partial charge in [0.1, 0.15) is 0 Å². The zero-order chi connectivity index (χ0) is 12.5. The molecule has 0 bridgehead atoms. The van der Waals surface area contributed by atoms with Crippen LogP contribution < -0.4 is 5.32 Å². The summed E-state index contributed by atoms with van der Waals surface area (Å²) >= 11 is 11.9. The lowest BCUT2D eigenvalue weighted by atomic mass is 10.2. The van der Waals surface area contributed by atoms with Gasteiger partial charge in [-0.15, -0.1) is 6.58 Å². The van der Waals surface area contributed by atoms with Crippen LogP contribution in [0, 0.1) is 0 Å². The molecule has 1 aromatic carbocycles. The fourth-order valence-electron chi connectivity index (χ4n) is 1.31. The maximum Gasteiger partial charge on any atom is 0.0591 e. The van der Waals surface area contributed by atoms with Crippen LogP contribution in [0.2, 0.25) is 10.0 Å². The zero-order valence-corrected chi connectivity index (χ0v) is 11.2. The molecule has 1 N–H and O–H groups in total. The maximum atomic E-state index is 6.04. The SMILES string of the molecule is C=CCCOCCNCc1cc(Cl)ccc1Cl. The van der Waals surface area contributed by atoms with Crippen molar-refractivity contribution in [2.24, 2.45) is 0 Å². The summed E-state index contributed by atoms with van der Waals surface area (Å²) in [6, 6.07) is 5.46. The fraction of sp³-hybridized carbons (Fsp3) is 0.385. The van der Waals surface area contributed by atoms with Crippen LogP contribution in [0.3, 0.4) is 0 Å². The van der Waals surface area contributed by atoms with Crippen LogP contribution in [0.4, 0.5) is 0 Å². The number of rotatable bonds is 8. The van der Waals surface area contributed by atoms with Crippen LogP contribution in [-0.4, -0.2) is 19.8 Å². The summed E-state index contributed by atoms with van der Waals surface area (Å²) in [6.07, 6.45) is 2.74. The smallest absolute Gasteiger partial charge is 0.0591 e. The van der Waals surface area contributed by atoms with E-state index in [-0.39, 0.29) is 0 Å². The second-order valence-corrected chi connectivity index (χ2v) is 4.45. The number of ether oxygens (including phenoxy) is 1. The van der Waals surface area contributed by atoms with E-state index in [0.717, 1.165) is 30.2 Å². The summed E-state index contributed by atoms with van der Waals surface area (Å²) in [5.41, 5.74) is 1.00. The third-order valence-corrected chi connectivity index (χ3v) is 2.82. The van der Waals surface area contributed by atoms with Crippen LogP contribution in [0.5, 0.6) is 0 Å². The largest absolute Gasteiger partial charge is 0.380 e. The highest BCUT2D eigenvalue weighted by Gasteiger charge is 2.00. The van der Waals surface area contributed by atoms with Gasteiger partial charge in [-0.3, -0.25) is 0 Å². The van der Waals surface area contributed by atoms with Gasteiger partial charge in [0.05, 0.1) is 13.2 Å². The van der Waals surface area contributed by atoms with Crippen molar-refractivity contribution in [3.63, 3.8) is 0 Å². The third-order valence-electron chi connectivity index (χ3n) is 2.21. The lowest BCUT2D eigenvalue weighted by molar-refractivity contribution is 0.140. The zero-order valence-electron chi connectivity index (χ0n) is 9.72. The normalized spacial score (nSPS) is 10.5. The Bertz CT molecular complexity index is 355. The van der Waals surface area contributed by atoms with Crippen LogP contribution in [0.1, 0.15) is 12.0 Å². The highest BCUT2D eigenvalue weighted by atomic mass is 35.5. The van der Waals surface area contributed by atoms with Crippen molar-refractivity contribution in [3.05, 3.63) is 46.5 Å². The van der Waals surface area contributed by atoms with Gasteiger partial charge in [0, 0.05) is 23.1 Å². The molecule has 0 spiro atoms. The molecule has 0 fully saturated rings. The molecule has 2 nitrogen and oxygen atoms in total. The highest BCUT2D eigenvalue weighted by molar-refractivity contribution is 6.33. The van der Waals surface area contributed by atoms with Crippen molar-refractivity contribution in [1.29, 1.82) is 0 Å². The Morgan fingerprint density at radius 3 is 2.88 bits per heavy atom. The first-order chi connectivity index (χ1) is 8.24. The lowest BCUT2D eigenvalue weighted by Crippen LogP contribution is -2.19. The second kappa shape index (κ2) is 8.54. The molecule has 0 aliphatic carbocycles. The Morgan fingerprint density at radius 2 is 2.12 bits per heavy atom. The number of halogens is 2. The number of benzene rings is 1. The summed E-state index contributed by atoms with van der Waals surface area (Å²) in [4.78, 5) is 0. The van der Waals surface area contributed by atoms with Crippen LogP contribution >= 0.6 is 23.2 Å². The Balaban J connectivity index is 2.17. The molecule has 0 amide bonds. The molecule has 0 aliphatic rings. The van der Waals surface area contributed by atoms with E-state index in [2.05, 4.69) is 11.9 Å². The van der Waals surface area contributed by atoms with Gasteiger partial charge in [-0.25, -0.2) is 0 Å². The van der Waals surface area contributed by atoms with Crippen molar-refractivity contribution >= 4 is 23.2 Å². The van der Waals surface area contributed by atoms with E-state index < -0.39 is 0 Å². The predicted molar refractivity (Wildman–Crippen MR) is 73.8 cm³/mol. The molecule has 0 atom stereocenters. The molecule has 4 heteroatoms. The number of hydrogen-bond acceptors (Lipinski definition) is 2. The second-order valence-electron chi connectivity index (χ2n) is 3.60. The van der Waals surface area contributed by atoms with Crippen molar-refractivity contribution < 1.29 is 4.74 Å². The van der Waals surface area contributed by atoms with Crippen LogP contribution in [0.15, 0.2) is 30.9 Å². The highest BCUT2D eigenvalue weighted by Crippen LogP contribution is 2.20. The first-order valence-corrected chi connectivity index (χ1v) is 6.33. The van der Waals surface area contributed by atoms with E-state index in [1.807, 2.05) is 18.2 Å². The topological polar surface area (TPSA) is 21.3 Å². The van der Waals surface area contributed by atoms with Crippen molar-refractivity contribution in [1.82, 2.24) is 5.32 Å². The van der Waals surface area contributed by atoms with Crippen LogP contribution in [-0.2, 0) is 11.3 Å². The molecule has 0 heterocycles. The van der Waals surface area contributed by atoms with Crippen molar-refractivity contribution in [3.8, 4) is 0 Å². The van der Waals surface area contributed by atoms with Gasteiger partial charge in [-0.05, 0) is 30.2 Å². The fourth-order valence-corrected chi connectivity index (χ4v) is 1.69. The summed E-state index contributed by atoms with van der Waals surface area (Å²) in [6.45, 7) is 6.53. The molecule has 0 unspecified atom stereocenters. The van der Waals surface area contributed by atoms with E-state index in [4.69, 9.17) is 27.9 Å². The minimum atomic E-state index is 0.687. The van der Waals surface area contributed by atoms with Gasteiger partial charge >= 0.3 is 0 Å². The van der Waals surface area contributed by atoms with Gasteiger partial charge in [0.2, 0.25) is 0 Å². The molecule has 0 radical (unpaired) electrons. The van der Waals surface area contributed by atoms with Gasteiger partial charge in [-0.1, -0.05) is 29.3 Å². The van der Waals surface area contributed by atoms with Gasteiger partial charge in [0.25, 0.3) is 0 Å². The average Bonchev–Trinajstić information content (AvgIpc) is 2.32. The summed E-state index contributed by atoms with van der Waals surface area (Å²) < 4.78 is 5.37. The molecule has 1 rings (SSSR count). The summed E-state index contributed by atoms with van der Waals surface area (Å²) in [7, 11) is 0. The van der Waals surface area contributed by atoms with E-state index in [0.29, 0.717) is 18.2 Å². The van der Waals surface area contributed by atoms with Crippen LogP contribution in [0.25, 0.3) is 0 Å². The average molecular weight is 274 g/mol. The molecule has 0 aliphatic heterocycles. The summed E-state index contributed by atoms with van der Waals surface area (Å²) in [5, 5.41) is 4.69. The van der Waals surface area contributed by atoms with E-state index in [9.17, 15) is 0 Å². The minimum absolute atomic E-state index is 0.687. The minimum Gasteiger partial charge on any atom is -0.380 e. The molecule has 1 aromatic rings. The Labute approximate surface area is 113 Å². The van der Waals surface area contributed by atoms with Gasteiger partial charge in [-0.2, -0.15) is 0 Å². The molecule has 0 aromatic heterocycles. The standard InChI is InChI=1S/C13H17Cl2NO/c1-2-3-7-17-8-6-16-10-11-9-12(14)4-5-13(11)15/h2,4-5,9,16H,1,3,6-8,10H2.